The highest BCUT2D eigenvalue weighted by Gasteiger charge is 2.21. The van der Waals surface area contributed by atoms with Gasteiger partial charge in [0.2, 0.25) is 0 Å². The monoisotopic (exact) mass is 463 g/mol. The zero-order chi connectivity index (χ0) is 23.8. The van der Waals surface area contributed by atoms with Crippen LogP contribution in [0.2, 0.25) is 0 Å². The summed E-state index contributed by atoms with van der Waals surface area (Å²) in [5.41, 5.74) is 0.0578. The number of nitrogens with zero attached hydrogens (tertiary/aromatic N) is 2. The first-order chi connectivity index (χ1) is 15.1. The van der Waals surface area contributed by atoms with E-state index in [1.807, 2.05) is 0 Å². The van der Waals surface area contributed by atoms with Gasteiger partial charge < -0.3 is 15.7 Å². The molecule has 4 N–H and O–H groups in total. The van der Waals surface area contributed by atoms with Crippen LogP contribution in [0.5, 0.6) is 0 Å². The lowest BCUT2D eigenvalue weighted by Crippen LogP contribution is -2.32. The second-order valence-corrected chi connectivity index (χ2v) is 7.77. The highest BCUT2D eigenvalue weighted by molar-refractivity contribution is 7.81. The third-order valence-corrected chi connectivity index (χ3v) is 4.74. The molecule has 1 heterocycles. The van der Waals surface area contributed by atoms with Gasteiger partial charge in [-0.05, 0) is 12.1 Å². The van der Waals surface area contributed by atoms with Crippen molar-refractivity contribution in [1.29, 1.82) is 5.41 Å². The van der Waals surface area contributed by atoms with E-state index < -0.39 is 34.7 Å². The molecule has 1 aromatic heterocycles. The summed E-state index contributed by atoms with van der Waals surface area (Å²) in [5.74, 6) is -3.26. The van der Waals surface area contributed by atoms with Crippen LogP contribution in [0.4, 0.5) is 14.6 Å². The van der Waals surface area contributed by atoms with E-state index in [0.29, 0.717) is 5.56 Å². The molecule has 0 aliphatic heterocycles. The van der Waals surface area contributed by atoms with E-state index in [0.717, 1.165) is 12.3 Å². The van der Waals surface area contributed by atoms with Crippen LogP contribution in [0.15, 0.2) is 42.2 Å². The van der Waals surface area contributed by atoms with Crippen molar-refractivity contribution >= 4 is 35.9 Å². The van der Waals surface area contributed by atoms with E-state index in [2.05, 4.69) is 33.2 Å². The maximum absolute atomic E-state index is 14.2. The summed E-state index contributed by atoms with van der Waals surface area (Å²) in [6.45, 7) is 2.94. The molecule has 8 nitrogen and oxygen atoms in total. The summed E-state index contributed by atoms with van der Waals surface area (Å²) in [5, 5.41) is 22.2. The number of anilines is 1. The van der Waals surface area contributed by atoms with Crippen molar-refractivity contribution in [2.24, 2.45) is 0 Å². The third-order valence-electron chi connectivity index (χ3n) is 4.38. The van der Waals surface area contributed by atoms with Crippen molar-refractivity contribution in [2.75, 3.05) is 5.32 Å². The minimum Gasteiger partial charge on any atom is -0.481 e. The van der Waals surface area contributed by atoms with E-state index in [1.54, 1.807) is 25.1 Å². The van der Waals surface area contributed by atoms with Crippen LogP contribution in [0.3, 0.4) is 0 Å². The first kappa shape index (κ1) is 24.9. The largest absolute Gasteiger partial charge is 0.481 e. The van der Waals surface area contributed by atoms with Gasteiger partial charge in [0, 0.05) is 30.3 Å². The summed E-state index contributed by atoms with van der Waals surface area (Å²) in [4.78, 5) is 30.7. The molecule has 2 aromatic rings. The molecule has 0 aliphatic rings. The molecule has 0 spiro atoms. The number of aliphatic carboxylic acids is 1. The Kier molecular flexibility index (Phi) is 8.82. The van der Waals surface area contributed by atoms with Crippen molar-refractivity contribution in [3.8, 4) is 0 Å². The van der Waals surface area contributed by atoms with Crippen LogP contribution in [0.25, 0.3) is 0 Å². The van der Waals surface area contributed by atoms with Crippen molar-refractivity contribution < 1.29 is 23.5 Å². The molecule has 2 rings (SSSR count). The van der Waals surface area contributed by atoms with Crippen molar-refractivity contribution in [1.82, 2.24) is 15.3 Å². The highest BCUT2D eigenvalue weighted by atomic mass is 32.1. The second-order valence-electron chi connectivity index (χ2n) is 6.95. The molecule has 0 amide bonds. The number of ketones is 1. The minimum atomic E-state index is -1.10. The number of Topliss-reactive ketones (excluding diaryl/α,β-unsaturated/α-hetero) is 1. The number of aromatic nitrogens is 2. The second kappa shape index (κ2) is 11.3. The number of hydrogen-bond donors (Lipinski definition) is 5. The van der Waals surface area contributed by atoms with Gasteiger partial charge in [0.25, 0.3) is 0 Å². The molecule has 0 bridgehead atoms. The number of allylic oxidation sites excluding steroid dienone is 2. The molecule has 0 fully saturated rings. The number of nitrogens with one attached hydrogen (secondary N) is 3. The van der Waals surface area contributed by atoms with Crippen LogP contribution in [0, 0.1) is 17.0 Å². The molecule has 32 heavy (non-hydrogen) atoms. The molecule has 0 saturated heterocycles. The fourth-order valence-corrected chi connectivity index (χ4v) is 2.80. The number of carboxylic acids is 1. The van der Waals surface area contributed by atoms with E-state index >= 15 is 0 Å². The average molecular weight is 464 g/mol. The third kappa shape index (κ3) is 7.12. The number of halogens is 2. The zero-order valence-corrected chi connectivity index (χ0v) is 18.3. The fraction of sp³-hybridized carbons (Fsp3) is 0.286. The van der Waals surface area contributed by atoms with Gasteiger partial charge in [0.1, 0.15) is 11.5 Å². The first-order valence-corrected chi connectivity index (χ1v) is 10.1. The minimum absolute atomic E-state index is 0.0130. The Labute approximate surface area is 189 Å². The van der Waals surface area contributed by atoms with Gasteiger partial charge in [0.15, 0.2) is 23.2 Å². The number of carbonyl (C=O) groups excluding carboxylic acids is 1. The van der Waals surface area contributed by atoms with Gasteiger partial charge in [-0.1, -0.05) is 25.1 Å². The maximum Gasteiger partial charge on any atom is 0.305 e. The van der Waals surface area contributed by atoms with Crippen LogP contribution >= 0.6 is 12.6 Å². The Morgan fingerprint density at radius 3 is 2.56 bits per heavy atom. The molecular formula is C21H23F2N5O3S. The van der Waals surface area contributed by atoms with Crippen LogP contribution in [-0.4, -0.2) is 43.8 Å². The lowest BCUT2D eigenvalue weighted by Gasteiger charge is -2.21. The van der Waals surface area contributed by atoms with Crippen LogP contribution in [0.1, 0.15) is 31.7 Å². The van der Waals surface area contributed by atoms with Crippen LogP contribution in [-0.2, 0) is 16.1 Å². The van der Waals surface area contributed by atoms with Crippen LogP contribution < -0.4 is 10.6 Å². The van der Waals surface area contributed by atoms with Gasteiger partial charge in [-0.2, -0.15) is 12.6 Å². The molecule has 0 aliphatic carbocycles. The quantitative estimate of drug-likeness (QED) is 0.197. The molecule has 170 valence electrons. The molecule has 0 saturated carbocycles. The highest BCUT2D eigenvalue weighted by Crippen LogP contribution is 2.17. The van der Waals surface area contributed by atoms with Crippen molar-refractivity contribution in [2.45, 2.75) is 38.1 Å². The van der Waals surface area contributed by atoms with Gasteiger partial charge in [-0.25, -0.2) is 18.7 Å². The molecule has 1 aromatic carbocycles. The predicted molar refractivity (Wildman–Crippen MR) is 119 cm³/mol. The zero-order valence-electron chi connectivity index (χ0n) is 17.4. The number of hydrogen-bond acceptors (Lipinski definition) is 8. The summed E-state index contributed by atoms with van der Waals surface area (Å²) in [7, 11) is 0. The maximum atomic E-state index is 14.2. The Morgan fingerprint density at radius 1 is 1.28 bits per heavy atom. The number of rotatable bonds is 11. The topological polar surface area (TPSA) is 128 Å². The SMILES string of the molecule is CC(=O)/C(=C/C(=N)c1ncc(F)c(NC(CC(=O)O)C(C)S)n1)NCc1ccccc1F. The van der Waals surface area contributed by atoms with Gasteiger partial charge in [0.05, 0.1) is 18.3 Å². The molecule has 2 unspecified atom stereocenters. The lowest BCUT2D eigenvalue weighted by molar-refractivity contribution is -0.137. The molecule has 0 radical (unpaired) electrons. The Hall–Kier alpha value is -3.34. The van der Waals surface area contributed by atoms with E-state index in [9.17, 15) is 18.4 Å². The predicted octanol–water partition coefficient (Wildman–Crippen LogP) is 2.96. The van der Waals surface area contributed by atoms with E-state index in [1.165, 1.54) is 13.0 Å². The number of carboxylic acid groups (broad SMARTS) is 1. The number of carbonyl (C=O) groups is 2. The van der Waals surface area contributed by atoms with Crippen molar-refractivity contribution in [3.63, 3.8) is 0 Å². The number of thiol groups is 1. The average Bonchev–Trinajstić information content (AvgIpc) is 2.72. The summed E-state index contributed by atoms with van der Waals surface area (Å²) in [6.07, 6.45) is 1.68. The molecule has 11 heteroatoms. The van der Waals surface area contributed by atoms with Gasteiger partial charge in [-0.15, -0.1) is 0 Å². The fourth-order valence-electron chi connectivity index (χ4n) is 2.62. The molecular weight excluding hydrogens is 440 g/mol. The standard InChI is InChI=1S/C21H23F2N5O3S/c1-11(29)17(25-9-13-5-3-4-6-14(13)22)7-16(24)21-26-10-15(23)20(28-21)27-18(12(2)32)8-19(30)31/h3-7,10,12,18,24-25,32H,8-9H2,1-2H3,(H,30,31)(H,26,27,28)/b17-7-,24-16?. The lowest BCUT2D eigenvalue weighted by atomic mass is 10.1. The first-order valence-electron chi connectivity index (χ1n) is 9.56. The number of benzene rings is 1. The normalized spacial score (nSPS) is 13.2. The summed E-state index contributed by atoms with van der Waals surface area (Å²) < 4.78 is 28.0. The van der Waals surface area contributed by atoms with E-state index in [-0.39, 0.29) is 36.0 Å². The summed E-state index contributed by atoms with van der Waals surface area (Å²) in [6, 6.07) is 5.32. The Balaban J connectivity index is 2.23. The Bertz CT molecular complexity index is 1050. The molecule has 2 atom stereocenters. The smallest absolute Gasteiger partial charge is 0.305 e. The Morgan fingerprint density at radius 2 is 1.97 bits per heavy atom. The summed E-state index contributed by atoms with van der Waals surface area (Å²) >= 11 is 4.21. The van der Waals surface area contributed by atoms with E-state index in [4.69, 9.17) is 10.5 Å². The van der Waals surface area contributed by atoms with Gasteiger partial charge >= 0.3 is 5.97 Å². The van der Waals surface area contributed by atoms with Crippen molar-refractivity contribution in [3.05, 3.63) is 65.3 Å². The van der Waals surface area contributed by atoms with Gasteiger partial charge in [-0.3, -0.25) is 15.0 Å².